The summed E-state index contributed by atoms with van der Waals surface area (Å²) >= 11 is 0. The molecule has 4 saturated carbocycles. The predicted octanol–water partition coefficient (Wildman–Crippen LogP) is 2.06. The number of nitrogens with one attached hydrogen (secondary N) is 1. The highest BCUT2D eigenvalue weighted by Crippen LogP contribution is 2.93. The molecular weight excluding hydrogens is 418 g/mol. The van der Waals surface area contributed by atoms with Crippen molar-refractivity contribution in [3.63, 3.8) is 0 Å². The average Bonchev–Trinajstić information content (AvgIpc) is 2.78. The number of methoxy groups -OCH3 is 1. The number of nitrogens with zero attached hydrogens (tertiary/aromatic N) is 2. The maximum atomic E-state index is 12.7. The van der Waals surface area contributed by atoms with E-state index in [4.69, 9.17) is 4.74 Å². The fourth-order valence-corrected chi connectivity index (χ4v) is 8.39. The molecule has 4 aliphatic carbocycles. The highest BCUT2D eigenvalue weighted by Gasteiger charge is 2.87. The molecule has 5 fully saturated rings. The van der Waals surface area contributed by atoms with Gasteiger partial charge in [-0.25, -0.2) is 4.79 Å². The minimum atomic E-state index is -0.330. The van der Waals surface area contributed by atoms with Crippen molar-refractivity contribution in [1.29, 1.82) is 0 Å². The fourth-order valence-electron chi connectivity index (χ4n) is 8.39. The van der Waals surface area contributed by atoms with Gasteiger partial charge in [-0.05, 0) is 72.0 Å². The zero-order valence-corrected chi connectivity index (χ0v) is 19.3. The van der Waals surface area contributed by atoms with E-state index in [1.807, 2.05) is 17.0 Å². The monoisotopic (exact) mass is 451 g/mol. The molecule has 7 heteroatoms. The topological polar surface area (TPSA) is 79.0 Å². The smallest absolute Gasteiger partial charge is 0.337 e. The van der Waals surface area contributed by atoms with E-state index in [1.54, 1.807) is 12.1 Å². The molecule has 1 aliphatic heterocycles. The number of amides is 2. The third kappa shape index (κ3) is 3.00. The number of piperazine rings is 1. The Bertz CT molecular complexity index is 956. The van der Waals surface area contributed by atoms with E-state index in [0.29, 0.717) is 30.5 Å². The minimum Gasteiger partial charge on any atom is -0.465 e. The third-order valence-electron chi connectivity index (χ3n) is 9.80. The van der Waals surface area contributed by atoms with Crippen molar-refractivity contribution < 1.29 is 19.1 Å². The Labute approximate surface area is 194 Å². The van der Waals surface area contributed by atoms with Gasteiger partial charge >= 0.3 is 5.97 Å². The van der Waals surface area contributed by atoms with Crippen molar-refractivity contribution in [3.05, 3.63) is 35.4 Å². The largest absolute Gasteiger partial charge is 0.465 e. The molecule has 7 nitrogen and oxygen atoms in total. The maximum absolute atomic E-state index is 12.7. The molecule has 1 heterocycles. The summed E-state index contributed by atoms with van der Waals surface area (Å²) in [5.74, 6) is 2.49. The second-order valence-corrected chi connectivity index (χ2v) is 11.0. The first-order valence-electron chi connectivity index (χ1n) is 12.4. The molecule has 2 amide bonds. The SMILES string of the molecule is COC(=O)c1ccc(CN2CCN(C(=O)CNC(=O)CC34CC5CC6CC(C3)C654)CC2)cc1. The van der Waals surface area contributed by atoms with Crippen molar-refractivity contribution in [2.45, 2.75) is 38.6 Å². The lowest BCUT2D eigenvalue weighted by molar-refractivity contribution is -0.430. The van der Waals surface area contributed by atoms with Gasteiger partial charge in [0.15, 0.2) is 0 Å². The van der Waals surface area contributed by atoms with Crippen LogP contribution in [0.3, 0.4) is 0 Å². The van der Waals surface area contributed by atoms with Crippen molar-refractivity contribution in [2.75, 3.05) is 39.8 Å². The van der Waals surface area contributed by atoms with Crippen LogP contribution >= 0.6 is 0 Å². The van der Waals surface area contributed by atoms with Crippen LogP contribution in [0.15, 0.2) is 24.3 Å². The van der Waals surface area contributed by atoms with Gasteiger partial charge in [-0.2, -0.15) is 0 Å². The van der Waals surface area contributed by atoms with Gasteiger partial charge in [0.05, 0.1) is 19.2 Å². The van der Waals surface area contributed by atoms with Gasteiger partial charge in [0.2, 0.25) is 11.8 Å². The Morgan fingerprint density at radius 2 is 1.67 bits per heavy atom. The maximum Gasteiger partial charge on any atom is 0.337 e. The number of carbonyl (C=O) groups is 3. The second-order valence-electron chi connectivity index (χ2n) is 11.0. The van der Waals surface area contributed by atoms with E-state index in [-0.39, 0.29) is 29.7 Å². The summed E-state index contributed by atoms with van der Waals surface area (Å²) in [5, 5.41) is 2.93. The first-order valence-corrected chi connectivity index (χ1v) is 12.4. The third-order valence-corrected chi connectivity index (χ3v) is 9.80. The van der Waals surface area contributed by atoms with Crippen LogP contribution in [0, 0.1) is 28.6 Å². The molecule has 1 aromatic rings. The molecule has 2 atom stereocenters. The van der Waals surface area contributed by atoms with E-state index in [1.165, 1.54) is 32.8 Å². The summed E-state index contributed by atoms with van der Waals surface area (Å²) in [6, 6.07) is 7.46. The van der Waals surface area contributed by atoms with Gasteiger partial charge in [-0.1, -0.05) is 12.1 Å². The molecule has 1 spiro atoms. The van der Waals surface area contributed by atoms with Gasteiger partial charge in [0.25, 0.3) is 0 Å². The molecule has 0 radical (unpaired) electrons. The van der Waals surface area contributed by atoms with Crippen molar-refractivity contribution in [3.8, 4) is 0 Å². The molecular formula is C26H33N3O4. The molecule has 1 N–H and O–H groups in total. The Balaban J connectivity index is 0.925. The van der Waals surface area contributed by atoms with E-state index in [2.05, 4.69) is 10.2 Å². The molecule has 0 aromatic heterocycles. The van der Waals surface area contributed by atoms with E-state index in [9.17, 15) is 14.4 Å². The number of hydrogen-bond acceptors (Lipinski definition) is 5. The number of ether oxygens (including phenoxy) is 1. The molecule has 1 saturated heterocycles. The van der Waals surface area contributed by atoms with Crippen LogP contribution in [0.4, 0.5) is 0 Å². The normalized spacial score (nSPS) is 35.5. The predicted molar refractivity (Wildman–Crippen MR) is 121 cm³/mol. The van der Waals surface area contributed by atoms with Gasteiger partial charge in [-0.3, -0.25) is 14.5 Å². The quantitative estimate of drug-likeness (QED) is 0.642. The number of carbonyl (C=O) groups excluding carboxylic acids is 3. The summed E-state index contributed by atoms with van der Waals surface area (Å²) in [4.78, 5) is 41.0. The Kier molecular flexibility index (Phi) is 4.84. The lowest BCUT2D eigenvalue weighted by atomic mass is 9.13. The van der Waals surface area contributed by atoms with Crippen LogP contribution in [0.1, 0.15) is 48.0 Å². The highest BCUT2D eigenvalue weighted by atomic mass is 16.5. The fraction of sp³-hybridized carbons (Fsp3) is 0.654. The van der Waals surface area contributed by atoms with Crippen LogP contribution in [-0.2, 0) is 20.9 Å². The zero-order valence-electron chi connectivity index (χ0n) is 19.3. The summed E-state index contributed by atoms with van der Waals surface area (Å²) < 4.78 is 4.74. The number of benzene rings is 1. The first kappa shape index (κ1) is 21.1. The number of hydrogen-bond donors (Lipinski definition) is 1. The molecule has 5 aliphatic rings. The Morgan fingerprint density at radius 1 is 1.00 bits per heavy atom. The minimum absolute atomic E-state index is 0.0178. The lowest BCUT2D eigenvalue weighted by Gasteiger charge is -2.91. The summed E-state index contributed by atoms with van der Waals surface area (Å²) in [5.41, 5.74) is 2.53. The second kappa shape index (κ2) is 7.55. The van der Waals surface area contributed by atoms with Crippen LogP contribution in [0.25, 0.3) is 0 Å². The summed E-state index contributed by atoms with van der Waals surface area (Å²) in [6.07, 6.45) is 5.93. The van der Waals surface area contributed by atoms with Crippen LogP contribution in [0.5, 0.6) is 0 Å². The van der Waals surface area contributed by atoms with Gasteiger partial charge in [-0.15, -0.1) is 0 Å². The highest BCUT2D eigenvalue weighted by molar-refractivity contribution is 5.89. The number of esters is 1. The average molecular weight is 452 g/mol. The van der Waals surface area contributed by atoms with Crippen molar-refractivity contribution in [1.82, 2.24) is 15.1 Å². The Hall–Kier alpha value is -2.41. The van der Waals surface area contributed by atoms with Crippen molar-refractivity contribution in [2.24, 2.45) is 28.6 Å². The molecule has 1 aromatic carbocycles. The molecule has 33 heavy (non-hydrogen) atoms. The lowest BCUT2D eigenvalue weighted by Crippen LogP contribution is -2.85. The van der Waals surface area contributed by atoms with Gasteiger partial charge < -0.3 is 15.0 Å². The van der Waals surface area contributed by atoms with E-state index < -0.39 is 0 Å². The van der Waals surface area contributed by atoms with E-state index in [0.717, 1.165) is 43.0 Å². The molecule has 0 bridgehead atoms. The van der Waals surface area contributed by atoms with Crippen LogP contribution in [0.2, 0.25) is 0 Å². The molecule has 176 valence electrons. The number of rotatable bonds is 7. The zero-order chi connectivity index (χ0) is 22.8. The van der Waals surface area contributed by atoms with Gasteiger partial charge in [0.1, 0.15) is 0 Å². The van der Waals surface area contributed by atoms with Gasteiger partial charge in [0, 0.05) is 39.1 Å². The van der Waals surface area contributed by atoms with E-state index >= 15 is 0 Å². The summed E-state index contributed by atoms with van der Waals surface area (Å²) in [7, 11) is 1.38. The van der Waals surface area contributed by atoms with Crippen molar-refractivity contribution >= 4 is 17.8 Å². The standard InChI is InChI=1S/C26H33N3O4/c1-33-24(32)18-4-2-17(3-5-18)16-28-6-8-29(9-7-28)23(31)15-27-22(30)14-25-12-20-10-19-11-21(13-25)26(19,20)25/h2-5,19-21H,6-16H2,1H3,(H,27,30). The summed E-state index contributed by atoms with van der Waals surface area (Å²) in [6.45, 7) is 3.85. The van der Waals surface area contributed by atoms with Crippen LogP contribution in [-0.4, -0.2) is 67.4 Å². The van der Waals surface area contributed by atoms with Crippen LogP contribution < -0.4 is 5.32 Å². The molecule has 6 rings (SSSR count). The first-order chi connectivity index (χ1) is 15.9. The Morgan fingerprint density at radius 3 is 2.24 bits per heavy atom. The molecule has 2 unspecified atom stereocenters.